The van der Waals surface area contributed by atoms with E-state index in [0.717, 1.165) is 19.3 Å². The molecule has 9 nitrogen and oxygen atoms in total. The fourth-order valence-corrected chi connectivity index (χ4v) is 5.39. The van der Waals surface area contributed by atoms with Gasteiger partial charge in [-0.05, 0) is 72.4 Å². The van der Waals surface area contributed by atoms with Crippen LogP contribution < -0.4 is 15.4 Å². The quantitative estimate of drug-likeness (QED) is 0.313. The molecule has 3 aromatic rings. The van der Waals surface area contributed by atoms with Crippen LogP contribution in [0.3, 0.4) is 0 Å². The largest absolute Gasteiger partial charge is 0.489 e. The molecule has 5 rings (SSSR count). The number of ether oxygens (including phenoxy) is 3. The first-order chi connectivity index (χ1) is 19.8. The topological polar surface area (TPSA) is 123 Å². The molecule has 3 N–H and O–H groups in total. The molecule has 1 aliphatic carbocycles. The van der Waals surface area contributed by atoms with Gasteiger partial charge in [0.05, 0.1) is 0 Å². The average molecular weight is 599 g/mol. The molecule has 41 heavy (non-hydrogen) atoms. The van der Waals surface area contributed by atoms with Gasteiger partial charge in [0.15, 0.2) is 12.2 Å². The molecule has 1 aliphatic heterocycles. The van der Waals surface area contributed by atoms with Crippen LogP contribution in [0.1, 0.15) is 28.7 Å². The number of anilines is 1. The lowest BCUT2D eigenvalue weighted by Gasteiger charge is -2.20. The molecule has 1 fully saturated rings. The van der Waals surface area contributed by atoms with Crippen LogP contribution in [0.2, 0.25) is 10.0 Å². The number of nitrogens with one attached hydrogen (secondary N) is 2. The van der Waals surface area contributed by atoms with Crippen LogP contribution in [-0.4, -0.2) is 47.9 Å². The normalized spacial score (nSPS) is 18.4. The summed E-state index contributed by atoms with van der Waals surface area (Å²) in [7, 11) is 0. The molecule has 2 aliphatic rings. The minimum Gasteiger partial charge on any atom is -0.489 e. The Bertz CT molecular complexity index is 1430. The molecular weight excluding hydrogens is 571 g/mol. The Labute approximate surface area is 246 Å². The van der Waals surface area contributed by atoms with Gasteiger partial charge in [0.25, 0.3) is 11.8 Å². The van der Waals surface area contributed by atoms with Crippen LogP contribution in [0.4, 0.5) is 5.69 Å². The van der Waals surface area contributed by atoms with E-state index in [0.29, 0.717) is 32.6 Å². The molecule has 1 heterocycles. The third-order valence-corrected chi connectivity index (χ3v) is 7.78. The SMILES string of the molecule is O=C(O)C(Cc1ccc(OCc2c(Cl)cccc2Cl)cc1)NC(=O)[C@@H]1OCO[C@H]1C(=O)Nc1ccc2c(c1)CCC2. The molecule has 3 aromatic carbocycles. The van der Waals surface area contributed by atoms with Crippen molar-refractivity contribution < 1.29 is 33.7 Å². The van der Waals surface area contributed by atoms with Crippen molar-refractivity contribution >= 4 is 46.7 Å². The Morgan fingerprint density at radius 2 is 1.61 bits per heavy atom. The highest BCUT2D eigenvalue weighted by Gasteiger charge is 2.41. The van der Waals surface area contributed by atoms with E-state index < -0.39 is 36.0 Å². The van der Waals surface area contributed by atoms with E-state index in [-0.39, 0.29) is 19.8 Å². The van der Waals surface area contributed by atoms with Crippen molar-refractivity contribution in [2.75, 3.05) is 12.1 Å². The van der Waals surface area contributed by atoms with Crippen LogP contribution in [0.5, 0.6) is 5.75 Å². The number of carboxylic acid groups (broad SMARTS) is 1. The number of carbonyl (C=O) groups is 3. The Morgan fingerprint density at radius 3 is 2.32 bits per heavy atom. The Morgan fingerprint density at radius 1 is 0.927 bits per heavy atom. The smallest absolute Gasteiger partial charge is 0.326 e. The van der Waals surface area contributed by atoms with Crippen molar-refractivity contribution in [1.29, 1.82) is 0 Å². The lowest BCUT2D eigenvalue weighted by atomic mass is 10.0. The van der Waals surface area contributed by atoms with Crippen molar-refractivity contribution in [2.24, 2.45) is 0 Å². The van der Waals surface area contributed by atoms with E-state index in [1.165, 1.54) is 11.1 Å². The van der Waals surface area contributed by atoms with Crippen LogP contribution in [-0.2, 0) is 49.7 Å². The number of aliphatic carboxylic acids is 1. The number of hydrogen-bond acceptors (Lipinski definition) is 6. The van der Waals surface area contributed by atoms with Crippen molar-refractivity contribution in [2.45, 2.75) is 50.5 Å². The number of carboxylic acids is 1. The minimum absolute atomic E-state index is 0.00272. The van der Waals surface area contributed by atoms with Crippen molar-refractivity contribution in [3.63, 3.8) is 0 Å². The molecular formula is C30H28Cl2N2O7. The number of rotatable bonds is 10. The molecule has 11 heteroatoms. The standard InChI is InChI=1S/C30H28Cl2N2O7/c31-23-5-2-6-24(32)22(23)15-39-21-11-7-17(8-12-21)13-25(30(37)38)34-29(36)27-26(40-16-41-27)28(35)33-20-10-9-18-3-1-4-19(18)14-20/h2,5-12,14,25-27H,1,3-4,13,15-16H2,(H,33,35)(H,34,36)(H,37,38)/t25?,26-,27-/m1/s1. The van der Waals surface area contributed by atoms with Crippen molar-refractivity contribution in [1.82, 2.24) is 5.32 Å². The molecule has 0 spiro atoms. The molecule has 0 bridgehead atoms. The number of amides is 2. The van der Waals surface area contributed by atoms with Gasteiger partial charge in [-0.3, -0.25) is 9.59 Å². The molecule has 1 saturated heterocycles. The van der Waals surface area contributed by atoms with Gasteiger partial charge in [-0.15, -0.1) is 0 Å². The second kappa shape index (κ2) is 12.9. The number of benzene rings is 3. The summed E-state index contributed by atoms with van der Waals surface area (Å²) in [5, 5.41) is 16.0. The van der Waals surface area contributed by atoms with Crippen LogP contribution >= 0.6 is 23.2 Å². The van der Waals surface area contributed by atoms with E-state index in [9.17, 15) is 19.5 Å². The molecule has 3 atom stereocenters. The molecule has 0 radical (unpaired) electrons. The van der Waals surface area contributed by atoms with E-state index in [1.54, 1.807) is 42.5 Å². The summed E-state index contributed by atoms with van der Waals surface area (Å²) in [5.41, 5.74) is 4.37. The zero-order valence-corrected chi connectivity index (χ0v) is 23.4. The zero-order chi connectivity index (χ0) is 28.9. The van der Waals surface area contributed by atoms with E-state index >= 15 is 0 Å². The van der Waals surface area contributed by atoms with E-state index in [1.807, 2.05) is 18.2 Å². The van der Waals surface area contributed by atoms with Gasteiger partial charge < -0.3 is 30.0 Å². The first-order valence-electron chi connectivity index (χ1n) is 13.1. The van der Waals surface area contributed by atoms with Gasteiger partial charge >= 0.3 is 5.97 Å². The summed E-state index contributed by atoms with van der Waals surface area (Å²) in [4.78, 5) is 37.9. The number of fused-ring (bicyclic) bond motifs is 1. The summed E-state index contributed by atoms with van der Waals surface area (Å²) < 4.78 is 16.5. The van der Waals surface area contributed by atoms with Gasteiger partial charge in [-0.2, -0.15) is 0 Å². The van der Waals surface area contributed by atoms with Gasteiger partial charge in [-0.25, -0.2) is 4.79 Å². The highest BCUT2D eigenvalue weighted by molar-refractivity contribution is 6.35. The van der Waals surface area contributed by atoms with Crippen LogP contribution in [0.15, 0.2) is 60.7 Å². The summed E-state index contributed by atoms with van der Waals surface area (Å²) in [6.45, 7) is -0.102. The molecule has 0 saturated carbocycles. The lowest BCUT2D eigenvalue weighted by Crippen LogP contribution is -2.51. The van der Waals surface area contributed by atoms with Gasteiger partial charge in [-0.1, -0.05) is 47.5 Å². The summed E-state index contributed by atoms with van der Waals surface area (Å²) in [5.74, 6) is -1.99. The second-order valence-corrected chi connectivity index (χ2v) is 10.7. The monoisotopic (exact) mass is 598 g/mol. The summed E-state index contributed by atoms with van der Waals surface area (Å²) in [6.07, 6.45) is 0.538. The lowest BCUT2D eigenvalue weighted by molar-refractivity contribution is -0.144. The number of carbonyl (C=O) groups excluding carboxylic acids is 2. The van der Waals surface area contributed by atoms with Gasteiger partial charge in [0.1, 0.15) is 25.2 Å². The van der Waals surface area contributed by atoms with Crippen LogP contribution in [0.25, 0.3) is 0 Å². The predicted octanol–water partition coefficient (Wildman–Crippen LogP) is 4.55. The van der Waals surface area contributed by atoms with Crippen LogP contribution in [0, 0.1) is 0 Å². The first kappa shape index (κ1) is 28.9. The Kier molecular flexibility index (Phi) is 9.09. The van der Waals surface area contributed by atoms with Crippen molar-refractivity contribution in [3.05, 3.63) is 93.0 Å². The fourth-order valence-electron chi connectivity index (χ4n) is 4.89. The Balaban J connectivity index is 1.17. The fraction of sp³-hybridized carbons (Fsp3) is 0.300. The number of halogens is 2. The highest BCUT2D eigenvalue weighted by Crippen LogP contribution is 2.27. The molecule has 0 aromatic heterocycles. The molecule has 214 valence electrons. The number of hydrogen-bond donors (Lipinski definition) is 3. The third kappa shape index (κ3) is 7.00. The maximum atomic E-state index is 13.0. The predicted molar refractivity (Wildman–Crippen MR) is 152 cm³/mol. The highest BCUT2D eigenvalue weighted by atomic mass is 35.5. The first-order valence-corrected chi connectivity index (χ1v) is 13.9. The molecule has 1 unspecified atom stereocenters. The van der Waals surface area contributed by atoms with E-state index in [4.69, 9.17) is 37.4 Å². The second-order valence-electron chi connectivity index (χ2n) is 9.86. The summed E-state index contributed by atoms with van der Waals surface area (Å²) >= 11 is 12.4. The molecule has 2 amide bonds. The van der Waals surface area contributed by atoms with E-state index in [2.05, 4.69) is 10.6 Å². The zero-order valence-electron chi connectivity index (χ0n) is 21.9. The minimum atomic E-state index is -1.29. The maximum absolute atomic E-state index is 13.0. The Hall–Kier alpha value is -3.63. The van der Waals surface area contributed by atoms with Gasteiger partial charge in [0.2, 0.25) is 0 Å². The van der Waals surface area contributed by atoms with Crippen molar-refractivity contribution in [3.8, 4) is 5.75 Å². The summed E-state index contributed by atoms with van der Waals surface area (Å²) in [6, 6.07) is 16.4. The maximum Gasteiger partial charge on any atom is 0.326 e. The van der Waals surface area contributed by atoms with Gasteiger partial charge in [0, 0.05) is 27.7 Å². The number of aryl methyl sites for hydroxylation is 2. The average Bonchev–Trinajstić information content (AvgIpc) is 3.63. The third-order valence-electron chi connectivity index (χ3n) is 7.08.